The van der Waals surface area contributed by atoms with Crippen LogP contribution in [-0.4, -0.2) is 32.1 Å². The molecule has 0 saturated heterocycles. The lowest BCUT2D eigenvalue weighted by Crippen LogP contribution is -2.15. The van der Waals surface area contributed by atoms with Crippen LogP contribution in [0, 0.1) is 19.8 Å². The summed E-state index contributed by atoms with van der Waals surface area (Å²) < 4.78 is 13.1. The fourth-order valence-electron chi connectivity index (χ4n) is 3.62. The molecule has 30 heavy (non-hydrogen) atoms. The van der Waals surface area contributed by atoms with Crippen LogP contribution in [0.3, 0.4) is 0 Å². The van der Waals surface area contributed by atoms with Crippen LogP contribution >= 0.6 is 0 Å². The standard InChI is InChI=1S/C23H25FN4O2/c1-4-5-21(29)20-6-12(2)17(11-25-20)15-7-14-10-26-22(9-19(14)27-13(15)3)28-23(30)16-8-18(16)24/h6-7,9-11,16,18,21,29H,4-5,8H2,1-3H3,(H,26,28,30)/t16-,18+,21-/m1/s1. The van der Waals surface area contributed by atoms with Crippen molar-refractivity contribution in [3.8, 4) is 11.1 Å². The Balaban J connectivity index is 1.63. The van der Waals surface area contributed by atoms with Gasteiger partial charge in [0.25, 0.3) is 0 Å². The van der Waals surface area contributed by atoms with E-state index in [0.29, 0.717) is 23.4 Å². The van der Waals surface area contributed by atoms with Crippen LogP contribution < -0.4 is 5.32 Å². The number of rotatable bonds is 6. The number of hydrogen-bond acceptors (Lipinski definition) is 5. The summed E-state index contributed by atoms with van der Waals surface area (Å²) >= 11 is 0. The number of hydrogen-bond donors (Lipinski definition) is 2. The van der Waals surface area contributed by atoms with Crippen molar-refractivity contribution in [2.75, 3.05) is 5.32 Å². The number of nitrogens with one attached hydrogen (secondary N) is 1. The predicted octanol–water partition coefficient (Wildman–Crippen LogP) is 4.44. The Kier molecular flexibility index (Phi) is 5.47. The summed E-state index contributed by atoms with van der Waals surface area (Å²) in [6.07, 6.45) is 3.69. The molecule has 1 aliphatic rings. The van der Waals surface area contributed by atoms with E-state index in [9.17, 15) is 14.3 Å². The summed E-state index contributed by atoms with van der Waals surface area (Å²) in [7, 11) is 0. The third kappa shape index (κ3) is 4.03. The molecule has 156 valence electrons. The molecule has 0 radical (unpaired) electrons. The number of aliphatic hydroxyl groups is 1. The minimum absolute atomic E-state index is 0.280. The van der Waals surface area contributed by atoms with Gasteiger partial charge in [0.1, 0.15) is 12.0 Å². The maximum absolute atomic E-state index is 13.1. The molecule has 1 amide bonds. The third-order valence-electron chi connectivity index (χ3n) is 5.52. The van der Waals surface area contributed by atoms with Crippen molar-refractivity contribution >= 4 is 22.6 Å². The first-order chi connectivity index (χ1) is 14.4. The average molecular weight is 408 g/mol. The number of aryl methyl sites for hydroxylation is 2. The molecular formula is C23H25FN4O2. The van der Waals surface area contributed by atoms with E-state index >= 15 is 0 Å². The number of carbonyl (C=O) groups excluding carboxylic acids is 1. The molecule has 0 aromatic carbocycles. The zero-order valence-corrected chi connectivity index (χ0v) is 17.3. The number of aliphatic hydroxyl groups excluding tert-OH is 1. The van der Waals surface area contributed by atoms with E-state index in [1.165, 1.54) is 0 Å². The smallest absolute Gasteiger partial charge is 0.231 e. The fourth-order valence-corrected chi connectivity index (χ4v) is 3.62. The van der Waals surface area contributed by atoms with Gasteiger partial charge in [-0.15, -0.1) is 0 Å². The van der Waals surface area contributed by atoms with Gasteiger partial charge < -0.3 is 10.4 Å². The van der Waals surface area contributed by atoms with Crippen LogP contribution in [0.15, 0.2) is 30.6 Å². The first-order valence-electron chi connectivity index (χ1n) is 10.2. The number of nitrogens with zero attached hydrogens (tertiary/aromatic N) is 3. The second kappa shape index (κ2) is 8.07. The predicted molar refractivity (Wildman–Crippen MR) is 114 cm³/mol. The number of alkyl halides is 1. The molecule has 6 nitrogen and oxygen atoms in total. The van der Waals surface area contributed by atoms with Crippen molar-refractivity contribution in [3.05, 3.63) is 47.5 Å². The molecule has 4 rings (SSSR count). The topological polar surface area (TPSA) is 88.0 Å². The van der Waals surface area contributed by atoms with Gasteiger partial charge in [-0.2, -0.15) is 0 Å². The minimum atomic E-state index is -1.04. The highest BCUT2D eigenvalue weighted by molar-refractivity contribution is 5.95. The zero-order valence-electron chi connectivity index (χ0n) is 17.3. The van der Waals surface area contributed by atoms with E-state index in [-0.39, 0.29) is 12.3 Å². The van der Waals surface area contributed by atoms with E-state index in [0.717, 1.165) is 34.2 Å². The van der Waals surface area contributed by atoms with Gasteiger partial charge in [0.2, 0.25) is 5.91 Å². The van der Waals surface area contributed by atoms with Crippen molar-refractivity contribution in [2.45, 2.75) is 52.3 Å². The lowest BCUT2D eigenvalue weighted by Gasteiger charge is -2.14. The molecule has 1 saturated carbocycles. The number of pyridine rings is 3. The Hall–Kier alpha value is -2.93. The molecule has 7 heteroatoms. The van der Waals surface area contributed by atoms with E-state index < -0.39 is 18.2 Å². The molecular weight excluding hydrogens is 383 g/mol. The van der Waals surface area contributed by atoms with Crippen LogP contribution in [-0.2, 0) is 4.79 Å². The summed E-state index contributed by atoms with van der Waals surface area (Å²) in [5, 5.41) is 13.7. The van der Waals surface area contributed by atoms with Crippen LogP contribution in [0.4, 0.5) is 10.2 Å². The molecule has 0 unspecified atom stereocenters. The second-order valence-electron chi connectivity index (χ2n) is 7.96. The first kappa shape index (κ1) is 20.3. The van der Waals surface area contributed by atoms with E-state index in [1.54, 1.807) is 18.5 Å². The van der Waals surface area contributed by atoms with Gasteiger partial charge in [-0.25, -0.2) is 9.37 Å². The van der Waals surface area contributed by atoms with Crippen molar-refractivity contribution in [3.63, 3.8) is 0 Å². The Morgan fingerprint density at radius 1 is 1.23 bits per heavy atom. The quantitative estimate of drug-likeness (QED) is 0.630. The van der Waals surface area contributed by atoms with Gasteiger partial charge in [-0.3, -0.25) is 14.8 Å². The number of amides is 1. The number of aromatic nitrogens is 3. The maximum Gasteiger partial charge on any atom is 0.231 e. The molecule has 0 aliphatic heterocycles. The minimum Gasteiger partial charge on any atom is -0.387 e. The Morgan fingerprint density at radius 2 is 2.00 bits per heavy atom. The molecule has 0 spiro atoms. The first-order valence-corrected chi connectivity index (χ1v) is 10.2. The number of fused-ring (bicyclic) bond motifs is 1. The van der Waals surface area contributed by atoms with Crippen molar-refractivity contribution < 1.29 is 14.3 Å². The Morgan fingerprint density at radius 3 is 2.67 bits per heavy atom. The summed E-state index contributed by atoms with van der Waals surface area (Å²) in [6.45, 7) is 5.95. The summed E-state index contributed by atoms with van der Waals surface area (Å²) in [4.78, 5) is 25.4. The lowest BCUT2D eigenvalue weighted by atomic mass is 9.98. The van der Waals surface area contributed by atoms with E-state index in [4.69, 9.17) is 0 Å². The Labute approximate surface area is 174 Å². The lowest BCUT2D eigenvalue weighted by molar-refractivity contribution is -0.117. The molecule has 3 heterocycles. The van der Waals surface area contributed by atoms with Crippen molar-refractivity contribution in [1.82, 2.24) is 15.0 Å². The molecule has 1 aliphatic carbocycles. The average Bonchev–Trinajstić information content (AvgIpc) is 3.44. The zero-order chi connectivity index (χ0) is 21.4. The molecule has 3 atom stereocenters. The SMILES string of the molecule is CCC[C@@H](O)c1cc(C)c(-c2cc3cnc(NC(=O)[C@@H]4C[C@@H]4F)cc3nc2C)cn1. The van der Waals surface area contributed by atoms with Crippen molar-refractivity contribution in [1.29, 1.82) is 0 Å². The second-order valence-corrected chi connectivity index (χ2v) is 7.96. The van der Waals surface area contributed by atoms with Gasteiger partial charge in [0, 0.05) is 40.7 Å². The van der Waals surface area contributed by atoms with E-state index in [2.05, 4.69) is 20.3 Å². The number of anilines is 1. The van der Waals surface area contributed by atoms with Gasteiger partial charge in [0.15, 0.2) is 0 Å². The normalized spacial score (nSPS) is 19.0. The molecule has 3 aromatic rings. The molecule has 1 fully saturated rings. The van der Waals surface area contributed by atoms with Crippen LogP contribution in [0.1, 0.15) is 49.2 Å². The van der Waals surface area contributed by atoms with Crippen LogP contribution in [0.2, 0.25) is 0 Å². The largest absolute Gasteiger partial charge is 0.387 e. The van der Waals surface area contributed by atoms with Crippen LogP contribution in [0.25, 0.3) is 22.0 Å². The summed E-state index contributed by atoms with van der Waals surface area (Å²) in [5.74, 6) is -0.526. The van der Waals surface area contributed by atoms with Gasteiger partial charge in [0.05, 0.1) is 23.2 Å². The highest BCUT2D eigenvalue weighted by Crippen LogP contribution is 2.35. The molecule has 3 aromatic heterocycles. The highest BCUT2D eigenvalue weighted by Gasteiger charge is 2.43. The third-order valence-corrected chi connectivity index (χ3v) is 5.52. The summed E-state index contributed by atoms with van der Waals surface area (Å²) in [5.41, 5.74) is 5.12. The maximum atomic E-state index is 13.1. The fraction of sp³-hybridized carbons (Fsp3) is 0.391. The highest BCUT2D eigenvalue weighted by atomic mass is 19.1. The van der Waals surface area contributed by atoms with E-state index in [1.807, 2.05) is 32.9 Å². The van der Waals surface area contributed by atoms with Gasteiger partial charge in [-0.1, -0.05) is 13.3 Å². The monoisotopic (exact) mass is 408 g/mol. The molecule has 0 bridgehead atoms. The number of halogens is 1. The molecule has 2 N–H and O–H groups in total. The van der Waals surface area contributed by atoms with Crippen molar-refractivity contribution in [2.24, 2.45) is 5.92 Å². The number of carbonyl (C=O) groups is 1. The summed E-state index contributed by atoms with van der Waals surface area (Å²) in [6, 6.07) is 5.63. The van der Waals surface area contributed by atoms with Crippen LogP contribution in [0.5, 0.6) is 0 Å². The van der Waals surface area contributed by atoms with Gasteiger partial charge in [-0.05, 0) is 44.4 Å². The Bertz CT molecular complexity index is 1120. The van der Waals surface area contributed by atoms with Gasteiger partial charge >= 0.3 is 0 Å².